The van der Waals surface area contributed by atoms with Crippen LogP contribution >= 0.6 is 0 Å². The molecule has 0 aromatic heterocycles. The molecule has 0 aliphatic heterocycles. The molecule has 2 aromatic carbocycles. The van der Waals surface area contributed by atoms with Crippen LogP contribution in [0, 0.1) is 5.41 Å². The summed E-state index contributed by atoms with van der Waals surface area (Å²) < 4.78 is 4.96. The third kappa shape index (κ3) is 3.02. The average Bonchev–Trinajstić information content (AvgIpc) is 2.46. The summed E-state index contributed by atoms with van der Waals surface area (Å²) in [5, 5.41) is 7.71. The summed E-state index contributed by atoms with van der Waals surface area (Å²) >= 11 is 0. The van der Waals surface area contributed by atoms with Crippen LogP contribution in [0.1, 0.15) is 30.9 Å². The number of benzene rings is 2. The lowest BCUT2D eigenvalue weighted by atomic mass is 9.98. The van der Waals surface area contributed by atoms with Gasteiger partial charge in [-0.15, -0.1) is 0 Å². The standard InChI is InChI=1S/C17H19NO/c1-12(2)13-7-9-14(10-8-13)15-5-4-6-16(11-15)17(18)19-3/h4-12,18H,1-3H3. The first-order valence-electron chi connectivity index (χ1n) is 6.45. The Kier molecular flexibility index (Phi) is 4.00. The van der Waals surface area contributed by atoms with Crippen molar-refractivity contribution >= 4 is 5.90 Å². The summed E-state index contributed by atoms with van der Waals surface area (Å²) in [6.07, 6.45) is 0. The number of hydrogen-bond acceptors (Lipinski definition) is 2. The molecule has 2 aromatic rings. The van der Waals surface area contributed by atoms with Crippen molar-refractivity contribution in [2.45, 2.75) is 19.8 Å². The molecule has 0 heterocycles. The van der Waals surface area contributed by atoms with Crippen LogP contribution in [0.15, 0.2) is 48.5 Å². The molecule has 98 valence electrons. The largest absolute Gasteiger partial charge is 0.481 e. The maximum Gasteiger partial charge on any atom is 0.212 e. The zero-order chi connectivity index (χ0) is 13.8. The van der Waals surface area contributed by atoms with Crippen LogP contribution in [-0.2, 0) is 4.74 Å². The Bertz CT molecular complexity index is 570. The fraction of sp³-hybridized carbons (Fsp3) is 0.235. The summed E-state index contributed by atoms with van der Waals surface area (Å²) in [5.41, 5.74) is 4.40. The van der Waals surface area contributed by atoms with Gasteiger partial charge in [0.2, 0.25) is 5.90 Å². The van der Waals surface area contributed by atoms with E-state index in [2.05, 4.69) is 44.2 Å². The summed E-state index contributed by atoms with van der Waals surface area (Å²) in [6, 6.07) is 16.5. The van der Waals surface area contributed by atoms with Crippen molar-refractivity contribution in [3.05, 3.63) is 59.7 Å². The van der Waals surface area contributed by atoms with Gasteiger partial charge in [0, 0.05) is 5.56 Å². The fourth-order valence-electron chi connectivity index (χ4n) is 2.02. The molecule has 2 rings (SSSR count). The van der Waals surface area contributed by atoms with Crippen molar-refractivity contribution in [1.82, 2.24) is 0 Å². The smallest absolute Gasteiger partial charge is 0.212 e. The van der Waals surface area contributed by atoms with Gasteiger partial charge in [0.25, 0.3) is 0 Å². The van der Waals surface area contributed by atoms with Gasteiger partial charge in [-0.1, -0.05) is 50.2 Å². The van der Waals surface area contributed by atoms with E-state index in [9.17, 15) is 0 Å². The number of rotatable bonds is 3. The molecule has 2 nitrogen and oxygen atoms in total. The van der Waals surface area contributed by atoms with Gasteiger partial charge in [-0.05, 0) is 34.7 Å². The van der Waals surface area contributed by atoms with Gasteiger partial charge in [0.15, 0.2) is 0 Å². The Labute approximate surface area is 114 Å². The van der Waals surface area contributed by atoms with E-state index < -0.39 is 0 Å². The van der Waals surface area contributed by atoms with Gasteiger partial charge in [-0.25, -0.2) is 0 Å². The zero-order valence-electron chi connectivity index (χ0n) is 11.6. The second kappa shape index (κ2) is 5.70. The predicted octanol–water partition coefficient (Wildman–Crippen LogP) is 4.45. The third-order valence-corrected chi connectivity index (χ3v) is 3.24. The first kappa shape index (κ1) is 13.3. The minimum absolute atomic E-state index is 0.195. The molecule has 0 unspecified atom stereocenters. The summed E-state index contributed by atoms with van der Waals surface area (Å²) in [7, 11) is 1.52. The average molecular weight is 253 g/mol. The van der Waals surface area contributed by atoms with Crippen LogP contribution in [0.5, 0.6) is 0 Å². The van der Waals surface area contributed by atoms with E-state index in [-0.39, 0.29) is 5.90 Å². The highest BCUT2D eigenvalue weighted by molar-refractivity contribution is 5.92. The Balaban J connectivity index is 2.33. The van der Waals surface area contributed by atoms with E-state index in [4.69, 9.17) is 10.1 Å². The second-order valence-electron chi connectivity index (χ2n) is 4.89. The highest BCUT2D eigenvalue weighted by Gasteiger charge is 2.04. The van der Waals surface area contributed by atoms with Gasteiger partial charge in [-0.2, -0.15) is 0 Å². The van der Waals surface area contributed by atoms with E-state index in [1.54, 1.807) is 0 Å². The van der Waals surface area contributed by atoms with Crippen molar-refractivity contribution in [3.63, 3.8) is 0 Å². The Morgan fingerprint density at radius 2 is 1.68 bits per heavy atom. The maximum absolute atomic E-state index is 7.71. The maximum atomic E-state index is 7.71. The number of hydrogen-bond donors (Lipinski definition) is 1. The molecule has 0 amide bonds. The van der Waals surface area contributed by atoms with Gasteiger partial charge in [-0.3, -0.25) is 5.41 Å². The highest BCUT2D eigenvalue weighted by atomic mass is 16.5. The van der Waals surface area contributed by atoms with Gasteiger partial charge >= 0.3 is 0 Å². The Hall–Kier alpha value is -2.09. The first-order valence-corrected chi connectivity index (χ1v) is 6.45. The predicted molar refractivity (Wildman–Crippen MR) is 79.8 cm³/mol. The molecule has 0 saturated carbocycles. The van der Waals surface area contributed by atoms with Crippen LogP contribution in [-0.4, -0.2) is 13.0 Å². The van der Waals surface area contributed by atoms with Crippen molar-refractivity contribution in [1.29, 1.82) is 5.41 Å². The van der Waals surface area contributed by atoms with E-state index >= 15 is 0 Å². The molecule has 0 radical (unpaired) electrons. The molecular formula is C17H19NO. The van der Waals surface area contributed by atoms with Crippen LogP contribution < -0.4 is 0 Å². The van der Waals surface area contributed by atoms with Crippen LogP contribution in [0.4, 0.5) is 0 Å². The lowest BCUT2D eigenvalue weighted by Crippen LogP contribution is -2.00. The molecule has 1 N–H and O–H groups in total. The van der Waals surface area contributed by atoms with Gasteiger partial charge in [0.1, 0.15) is 0 Å². The van der Waals surface area contributed by atoms with Crippen LogP contribution in [0.3, 0.4) is 0 Å². The topological polar surface area (TPSA) is 33.1 Å². The zero-order valence-corrected chi connectivity index (χ0v) is 11.6. The van der Waals surface area contributed by atoms with Crippen molar-refractivity contribution in [2.75, 3.05) is 7.11 Å². The second-order valence-corrected chi connectivity index (χ2v) is 4.89. The summed E-state index contributed by atoms with van der Waals surface area (Å²) in [5.74, 6) is 0.739. The van der Waals surface area contributed by atoms with Gasteiger partial charge in [0.05, 0.1) is 7.11 Å². The van der Waals surface area contributed by atoms with E-state index in [1.807, 2.05) is 18.2 Å². The summed E-state index contributed by atoms with van der Waals surface area (Å²) in [6.45, 7) is 4.38. The lowest BCUT2D eigenvalue weighted by molar-refractivity contribution is 0.401. The number of methoxy groups -OCH3 is 1. The summed E-state index contributed by atoms with van der Waals surface area (Å²) in [4.78, 5) is 0. The number of ether oxygens (including phenoxy) is 1. The molecule has 19 heavy (non-hydrogen) atoms. The van der Waals surface area contributed by atoms with E-state index in [0.717, 1.165) is 16.7 Å². The minimum Gasteiger partial charge on any atom is -0.481 e. The minimum atomic E-state index is 0.195. The molecule has 0 fully saturated rings. The quantitative estimate of drug-likeness (QED) is 0.636. The third-order valence-electron chi connectivity index (χ3n) is 3.24. The number of nitrogens with one attached hydrogen (secondary N) is 1. The SMILES string of the molecule is COC(=N)c1cccc(-c2ccc(C(C)C)cc2)c1. The molecule has 0 spiro atoms. The van der Waals surface area contributed by atoms with E-state index in [1.165, 1.54) is 12.7 Å². The monoisotopic (exact) mass is 253 g/mol. The first-order chi connectivity index (χ1) is 9.11. The Morgan fingerprint density at radius 3 is 2.26 bits per heavy atom. The Morgan fingerprint density at radius 1 is 1.00 bits per heavy atom. The normalized spacial score (nSPS) is 10.5. The molecule has 0 saturated heterocycles. The fourth-order valence-corrected chi connectivity index (χ4v) is 2.02. The molecule has 2 heteroatoms. The van der Waals surface area contributed by atoms with Crippen molar-refractivity contribution in [2.24, 2.45) is 0 Å². The molecule has 0 aliphatic rings. The van der Waals surface area contributed by atoms with Crippen LogP contribution in [0.2, 0.25) is 0 Å². The molecule has 0 aliphatic carbocycles. The van der Waals surface area contributed by atoms with Crippen LogP contribution in [0.25, 0.3) is 11.1 Å². The van der Waals surface area contributed by atoms with Crippen molar-refractivity contribution < 1.29 is 4.74 Å². The lowest BCUT2D eigenvalue weighted by Gasteiger charge is -2.08. The van der Waals surface area contributed by atoms with E-state index in [0.29, 0.717) is 5.92 Å². The molecule has 0 atom stereocenters. The van der Waals surface area contributed by atoms with Gasteiger partial charge < -0.3 is 4.74 Å². The van der Waals surface area contributed by atoms with Crippen molar-refractivity contribution in [3.8, 4) is 11.1 Å². The highest BCUT2D eigenvalue weighted by Crippen LogP contribution is 2.23. The molecular weight excluding hydrogens is 234 g/mol. The molecule has 0 bridgehead atoms.